The number of hydrogen-bond acceptors (Lipinski definition) is 7. The maximum absolute atomic E-state index is 10.0. The third kappa shape index (κ3) is 1.89. The van der Waals surface area contributed by atoms with Gasteiger partial charge in [0.05, 0.1) is 6.61 Å². The maximum atomic E-state index is 10.0. The number of aromatic nitrogens is 4. The minimum Gasteiger partial charge on any atom is -0.394 e. The van der Waals surface area contributed by atoms with Crippen molar-refractivity contribution in [3.05, 3.63) is 11.0 Å². The number of fused-ring (bicyclic) bond motifs is 1. The quantitative estimate of drug-likeness (QED) is 0.281. The number of aliphatic hydroxyl groups excluding tert-OH is 3. The van der Waals surface area contributed by atoms with Crippen molar-refractivity contribution >= 4 is 29.3 Å². The summed E-state index contributed by atoms with van der Waals surface area (Å²) in [6, 6.07) is 0. The highest BCUT2D eigenvalue weighted by atomic mass is 32.1. The van der Waals surface area contributed by atoms with E-state index in [1.807, 2.05) is 0 Å². The summed E-state index contributed by atoms with van der Waals surface area (Å²) in [4.78, 5) is 9.63. The van der Waals surface area contributed by atoms with Gasteiger partial charge >= 0.3 is 0 Å². The summed E-state index contributed by atoms with van der Waals surface area (Å²) in [7, 11) is 0. The fraction of sp³-hybridized carbons (Fsp3) is 0.500. The molecule has 1 aliphatic heterocycles. The van der Waals surface area contributed by atoms with E-state index >= 15 is 0 Å². The van der Waals surface area contributed by atoms with E-state index in [9.17, 15) is 10.2 Å². The van der Waals surface area contributed by atoms with Crippen molar-refractivity contribution in [2.24, 2.45) is 0 Å². The topological polar surface area (TPSA) is 144 Å². The van der Waals surface area contributed by atoms with E-state index < -0.39 is 31.1 Å². The van der Waals surface area contributed by atoms with Gasteiger partial charge in [-0.25, -0.2) is 9.55 Å². The monoisotopic (exact) mass is 300 g/mol. The summed E-state index contributed by atoms with van der Waals surface area (Å²) in [5.74, 6) is 0.127. The first-order valence-corrected chi connectivity index (χ1v) is 6.34. The number of anilines is 1. The Hall–Kier alpha value is -1.59. The molecule has 10 heteroatoms. The third-order valence-electron chi connectivity index (χ3n) is 3.32. The summed E-state index contributed by atoms with van der Waals surface area (Å²) in [6.07, 6.45) is -2.56. The van der Waals surface area contributed by atoms with Crippen LogP contribution in [0.4, 0.5) is 5.95 Å². The highest BCUT2D eigenvalue weighted by Crippen LogP contribution is 2.26. The van der Waals surface area contributed by atoms with Crippen LogP contribution in [0.2, 0.25) is 0 Å². The molecule has 4 atom stereocenters. The van der Waals surface area contributed by atoms with Crippen LogP contribution in [0, 0.1) is 4.64 Å². The van der Waals surface area contributed by atoms with Crippen LogP contribution in [0.3, 0.4) is 0 Å². The van der Waals surface area contributed by atoms with Gasteiger partial charge in [-0.15, -0.1) is 0 Å². The number of rotatable bonds is 2. The van der Waals surface area contributed by atoms with Crippen LogP contribution in [0.5, 0.6) is 0 Å². The van der Waals surface area contributed by atoms with Crippen LogP contribution in [0.1, 0.15) is 6.23 Å². The van der Waals surface area contributed by atoms with Crippen molar-refractivity contribution in [2.75, 3.05) is 12.3 Å². The molecule has 1 saturated heterocycles. The lowest BCUT2D eigenvalue weighted by molar-refractivity contribution is -0.745. The second-order valence-corrected chi connectivity index (χ2v) is 4.95. The second kappa shape index (κ2) is 4.75. The summed E-state index contributed by atoms with van der Waals surface area (Å²) >= 11 is 5.08. The SMILES string of the molecule is Nc1nc(=S)c2[nH]c[n+]([C@H]3O[C@H](CO)[C@@H](O)[C@@H]3O)c2[nH]1. The number of aliphatic hydroxyl groups is 3. The number of hydrogen-bond donors (Lipinski definition) is 6. The molecule has 108 valence electrons. The Balaban J connectivity index is 2.09. The zero-order valence-electron chi connectivity index (χ0n) is 10.2. The highest BCUT2D eigenvalue weighted by Gasteiger charge is 2.46. The molecular weight excluding hydrogens is 286 g/mol. The molecule has 0 amide bonds. The lowest BCUT2D eigenvalue weighted by atomic mass is 10.1. The highest BCUT2D eigenvalue weighted by molar-refractivity contribution is 7.71. The van der Waals surface area contributed by atoms with E-state index in [0.717, 1.165) is 0 Å². The molecule has 0 radical (unpaired) electrons. The molecule has 1 aliphatic rings. The summed E-state index contributed by atoms with van der Waals surface area (Å²) in [5, 5.41) is 28.9. The lowest BCUT2D eigenvalue weighted by Gasteiger charge is -2.12. The van der Waals surface area contributed by atoms with Crippen LogP contribution < -0.4 is 10.3 Å². The average Bonchev–Trinajstić information content (AvgIpc) is 2.93. The van der Waals surface area contributed by atoms with Crippen molar-refractivity contribution in [1.82, 2.24) is 15.0 Å². The molecule has 3 rings (SSSR count). The van der Waals surface area contributed by atoms with Gasteiger partial charge in [-0.1, -0.05) is 12.2 Å². The number of nitrogens with one attached hydrogen (secondary N) is 2. The largest absolute Gasteiger partial charge is 0.394 e. The molecule has 0 aromatic carbocycles. The van der Waals surface area contributed by atoms with Crippen LogP contribution >= 0.6 is 12.2 Å². The maximum Gasteiger partial charge on any atom is 0.273 e. The molecule has 1 fully saturated rings. The van der Waals surface area contributed by atoms with Crippen LogP contribution in [0.15, 0.2) is 6.33 Å². The third-order valence-corrected chi connectivity index (χ3v) is 3.61. The molecule has 0 saturated carbocycles. The van der Waals surface area contributed by atoms with Gasteiger partial charge in [0, 0.05) is 0 Å². The number of aromatic amines is 2. The molecule has 0 aliphatic carbocycles. The normalized spacial score (nSPS) is 30.1. The molecule has 2 aromatic rings. The Bertz CT molecular complexity index is 701. The van der Waals surface area contributed by atoms with Crippen molar-refractivity contribution < 1.29 is 24.6 Å². The van der Waals surface area contributed by atoms with Crippen molar-refractivity contribution in [2.45, 2.75) is 24.5 Å². The van der Waals surface area contributed by atoms with Gasteiger partial charge < -0.3 is 25.8 Å². The molecule has 9 nitrogen and oxygen atoms in total. The Labute approximate surface area is 117 Å². The number of ether oxygens (including phenoxy) is 1. The van der Waals surface area contributed by atoms with Crippen LogP contribution in [-0.2, 0) is 4.74 Å². The van der Waals surface area contributed by atoms with Crippen molar-refractivity contribution in [3.63, 3.8) is 0 Å². The average molecular weight is 300 g/mol. The fourth-order valence-corrected chi connectivity index (χ4v) is 2.57. The fourth-order valence-electron chi connectivity index (χ4n) is 2.31. The number of nitrogens with zero attached hydrogens (tertiary/aromatic N) is 2. The Kier molecular flexibility index (Phi) is 3.18. The predicted molar refractivity (Wildman–Crippen MR) is 68.9 cm³/mol. The van der Waals surface area contributed by atoms with Crippen LogP contribution in [-0.4, -0.2) is 55.2 Å². The summed E-state index contributed by atoms with van der Waals surface area (Å²) in [6.45, 7) is -0.392. The second-order valence-electron chi connectivity index (χ2n) is 4.56. The van der Waals surface area contributed by atoms with E-state index in [1.54, 1.807) is 0 Å². The summed E-state index contributed by atoms with van der Waals surface area (Å²) in [5.41, 5.74) is 6.63. The van der Waals surface area contributed by atoms with E-state index in [4.69, 9.17) is 27.8 Å². The first-order chi connectivity index (χ1) is 9.52. The standard InChI is InChI=1S/C10H13N5O4S/c11-10-13-7-4(8(20)14-10)12-2-15(7)9-6(18)5(17)3(1-16)19-9/h2-3,5-6,9,16-18H,1H2,(H3,11,13,14,20)/p+1/t3-,5-,6+,9+/m1/s1. The molecule has 2 aromatic heterocycles. The van der Waals surface area contributed by atoms with Gasteiger partial charge in [-0.3, -0.25) is 4.98 Å². The van der Waals surface area contributed by atoms with Gasteiger partial charge in [-0.2, -0.15) is 4.98 Å². The summed E-state index contributed by atoms with van der Waals surface area (Å²) < 4.78 is 7.25. The van der Waals surface area contributed by atoms with Gasteiger partial charge in [0.15, 0.2) is 11.0 Å². The minimum absolute atomic E-state index is 0.127. The van der Waals surface area contributed by atoms with Gasteiger partial charge in [-0.05, 0) is 0 Å². The first kappa shape index (κ1) is 13.4. The Morgan fingerprint density at radius 2 is 2.20 bits per heavy atom. The van der Waals surface area contributed by atoms with Gasteiger partial charge in [0.2, 0.25) is 11.7 Å². The van der Waals surface area contributed by atoms with Crippen molar-refractivity contribution in [3.8, 4) is 0 Å². The van der Waals surface area contributed by atoms with E-state index in [2.05, 4.69) is 15.0 Å². The van der Waals surface area contributed by atoms with E-state index in [0.29, 0.717) is 11.2 Å². The number of imidazole rings is 1. The lowest BCUT2D eigenvalue weighted by Crippen LogP contribution is -2.45. The number of H-pyrrole nitrogens is 2. The Morgan fingerprint density at radius 1 is 1.45 bits per heavy atom. The minimum atomic E-state index is -1.19. The van der Waals surface area contributed by atoms with Gasteiger partial charge in [0.1, 0.15) is 18.3 Å². The predicted octanol–water partition coefficient (Wildman–Crippen LogP) is -1.90. The molecule has 0 bridgehead atoms. The van der Waals surface area contributed by atoms with Crippen molar-refractivity contribution in [1.29, 1.82) is 0 Å². The molecule has 7 N–H and O–H groups in total. The van der Waals surface area contributed by atoms with Crippen LogP contribution in [0.25, 0.3) is 11.2 Å². The molecular formula is C10H14N5O4S+. The van der Waals surface area contributed by atoms with E-state index in [-0.39, 0.29) is 10.6 Å². The molecule has 0 spiro atoms. The smallest absolute Gasteiger partial charge is 0.273 e. The zero-order valence-corrected chi connectivity index (χ0v) is 11.0. The molecule has 0 unspecified atom stereocenters. The number of nitrogen functional groups attached to an aromatic ring is 1. The molecule has 3 heterocycles. The van der Waals surface area contributed by atoms with E-state index in [1.165, 1.54) is 10.9 Å². The first-order valence-electron chi connectivity index (χ1n) is 5.93. The zero-order chi connectivity index (χ0) is 14.4. The molecule has 20 heavy (non-hydrogen) atoms. The van der Waals surface area contributed by atoms with Gasteiger partial charge in [0.25, 0.3) is 11.6 Å². The number of nitrogens with two attached hydrogens (primary N) is 1. The Morgan fingerprint density at radius 3 is 2.85 bits per heavy atom.